The predicted molar refractivity (Wildman–Crippen MR) is 92.8 cm³/mol. The normalized spacial score (nSPS) is 19.6. The fraction of sp³-hybridized carbons (Fsp3) is 0.158. The Morgan fingerprint density at radius 1 is 1.11 bits per heavy atom. The fourth-order valence-corrected chi connectivity index (χ4v) is 3.02. The van der Waals surface area contributed by atoms with Gasteiger partial charge in [-0.05, 0) is 60.2 Å². The SMILES string of the molecule is CC1(n2nnc(-c3ccccn3)n2)C=C(c2cc(F)ccc2F)C=C(F)C1. The minimum atomic E-state index is -1.03. The molecule has 0 amide bonds. The quantitative estimate of drug-likeness (QED) is 0.698. The number of allylic oxidation sites excluding steroid dienone is 4. The van der Waals surface area contributed by atoms with Gasteiger partial charge in [0.05, 0.1) is 0 Å². The van der Waals surface area contributed by atoms with E-state index in [0.717, 1.165) is 18.2 Å². The summed E-state index contributed by atoms with van der Waals surface area (Å²) in [6, 6.07) is 8.34. The first kappa shape index (κ1) is 17.1. The van der Waals surface area contributed by atoms with E-state index in [-0.39, 0.29) is 17.6 Å². The topological polar surface area (TPSA) is 56.5 Å². The molecular formula is C19H14F3N5. The van der Waals surface area contributed by atoms with Crippen molar-refractivity contribution in [1.29, 1.82) is 0 Å². The number of hydrogen-bond acceptors (Lipinski definition) is 4. The molecule has 0 spiro atoms. The third-order valence-electron chi connectivity index (χ3n) is 4.31. The van der Waals surface area contributed by atoms with Crippen LogP contribution in [-0.4, -0.2) is 25.2 Å². The molecule has 8 heteroatoms. The van der Waals surface area contributed by atoms with Crippen LogP contribution in [0, 0.1) is 11.6 Å². The van der Waals surface area contributed by atoms with Gasteiger partial charge in [-0.3, -0.25) is 4.98 Å². The van der Waals surface area contributed by atoms with Crippen LogP contribution in [-0.2, 0) is 5.54 Å². The number of aromatic nitrogens is 5. The Kier molecular flexibility index (Phi) is 4.10. The van der Waals surface area contributed by atoms with E-state index in [1.165, 1.54) is 10.9 Å². The number of rotatable bonds is 3. The molecule has 1 unspecified atom stereocenters. The maximum atomic E-state index is 14.4. The van der Waals surface area contributed by atoms with Crippen molar-refractivity contribution in [3.63, 3.8) is 0 Å². The average Bonchev–Trinajstić information content (AvgIpc) is 3.15. The lowest BCUT2D eigenvalue weighted by atomic mass is 9.87. The van der Waals surface area contributed by atoms with Gasteiger partial charge in [0.25, 0.3) is 0 Å². The molecule has 0 saturated carbocycles. The van der Waals surface area contributed by atoms with Crippen molar-refractivity contribution in [2.24, 2.45) is 0 Å². The van der Waals surface area contributed by atoms with Crippen LogP contribution in [0.3, 0.4) is 0 Å². The smallest absolute Gasteiger partial charge is 0.223 e. The van der Waals surface area contributed by atoms with E-state index in [0.29, 0.717) is 11.5 Å². The Morgan fingerprint density at radius 3 is 2.74 bits per heavy atom. The van der Waals surface area contributed by atoms with Gasteiger partial charge in [-0.25, -0.2) is 13.2 Å². The molecule has 0 fully saturated rings. The van der Waals surface area contributed by atoms with Crippen molar-refractivity contribution in [1.82, 2.24) is 25.2 Å². The molecule has 1 atom stereocenters. The second-order valence-corrected chi connectivity index (χ2v) is 6.47. The first-order chi connectivity index (χ1) is 12.9. The van der Waals surface area contributed by atoms with E-state index in [1.54, 1.807) is 37.4 Å². The largest absolute Gasteiger partial charge is 0.253 e. The van der Waals surface area contributed by atoms with Crippen LogP contribution in [0.25, 0.3) is 17.1 Å². The van der Waals surface area contributed by atoms with Crippen molar-refractivity contribution >= 4 is 5.57 Å². The molecule has 0 saturated heterocycles. The number of nitrogens with zero attached hydrogens (tertiary/aromatic N) is 5. The Bertz CT molecular complexity index is 1060. The molecule has 136 valence electrons. The number of halogens is 3. The second-order valence-electron chi connectivity index (χ2n) is 6.47. The van der Waals surface area contributed by atoms with Gasteiger partial charge in [0.15, 0.2) is 0 Å². The van der Waals surface area contributed by atoms with Crippen LogP contribution in [0.4, 0.5) is 13.2 Å². The van der Waals surface area contributed by atoms with E-state index in [2.05, 4.69) is 20.4 Å². The Morgan fingerprint density at radius 2 is 1.96 bits per heavy atom. The summed E-state index contributed by atoms with van der Waals surface area (Å²) in [6.45, 7) is 1.70. The molecular weight excluding hydrogens is 355 g/mol. The highest BCUT2D eigenvalue weighted by Gasteiger charge is 2.33. The number of tetrazole rings is 1. The van der Waals surface area contributed by atoms with Crippen LogP contribution in [0.5, 0.6) is 0 Å². The van der Waals surface area contributed by atoms with Gasteiger partial charge in [-0.2, -0.15) is 4.80 Å². The molecule has 4 rings (SSSR count). The van der Waals surface area contributed by atoms with Crippen molar-refractivity contribution in [2.75, 3.05) is 0 Å². The van der Waals surface area contributed by atoms with Crippen molar-refractivity contribution in [3.8, 4) is 11.5 Å². The molecule has 0 bridgehead atoms. The number of pyridine rings is 1. The van der Waals surface area contributed by atoms with Gasteiger partial charge in [-0.1, -0.05) is 6.07 Å². The van der Waals surface area contributed by atoms with E-state index in [1.807, 2.05) is 0 Å². The number of benzene rings is 1. The molecule has 2 aromatic heterocycles. The molecule has 0 aliphatic heterocycles. The van der Waals surface area contributed by atoms with Crippen LogP contribution >= 0.6 is 0 Å². The predicted octanol–water partition coefficient (Wildman–Crippen LogP) is 4.07. The molecule has 0 radical (unpaired) electrons. The van der Waals surface area contributed by atoms with E-state index in [4.69, 9.17) is 0 Å². The molecule has 2 heterocycles. The number of hydrogen-bond donors (Lipinski definition) is 0. The third kappa shape index (κ3) is 3.25. The Balaban J connectivity index is 1.76. The second kappa shape index (κ2) is 6.46. The maximum absolute atomic E-state index is 14.4. The molecule has 5 nitrogen and oxygen atoms in total. The molecule has 27 heavy (non-hydrogen) atoms. The van der Waals surface area contributed by atoms with Crippen LogP contribution in [0.1, 0.15) is 18.9 Å². The van der Waals surface area contributed by atoms with Gasteiger partial charge in [0, 0.05) is 18.2 Å². The van der Waals surface area contributed by atoms with E-state index >= 15 is 0 Å². The van der Waals surface area contributed by atoms with Gasteiger partial charge in [0.2, 0.25) is 5.82 Å². The monoisotopic (exact) mass is 369 g/mol. The Hall–Kier alpha value is -3.29. The zero-order chi connectivity index (χ0) is 19.0. The van der Waals surface area contributed by atoms with Gasteiger partial charge >= 0.3 is 0 Å². The first-order valence-electron chi connectivity index (χ1n) is 8.21. The highest BCUT2D eigenvalue weighted by molar-refractivity contribution is 5.76. The Labute approximate surface area is 152 Å². The maximum Gasteiger partial charge on any atom is 0.223 e. The summed E-state index contributed by atoms with van der Waals surface area (Å²) in [5, 5.41) is 12.3. The minimum Gasteiger partial charge on any atom is -0.253 e. The molecule has 3 aromatic rings. The van der Waals surface area contributed by atoms with Crippen LogP contribution in [0.15, 0.2) is 60.6 Å². The molecule has 0 N–H and O–H groups in total. The molecule has 1 aliphatic rings. The molecule has 1 aliphatic carbocycles. The lowest BCUT2D eigenvalue weighted by Gasteiger charge is -2.28. The van der Waals surface area contributed by atoms with E-state index in [9.17, 15) is 13.2 Å². The zero-order valence-electron chi connectivity index (χ0n) is 14.3. The summed E-state index contributed by atoms with van der Waals surface area (Å²) < 4.78 is 42.1. The van der Waals surface area contributed by atoms with Crippen molar-refractivity contribution in [2.45, 2.75) is 18.9 Å². The highest BCUT2D eigenvalue weighted by Crippen LogP contribution is 2.37. The van der Waals surface area contributed by atoms with Gasteiger partial charge < -0.3 is 0 Å². The summed E-state index contributed by atoms with van der Waals surface area (Å²) in [4.78, 5) is 5.42. The van der Waals surface area contributed by atoms with Crippen LogP contribution < -0.4 is 0 Å². The highest BCUT2D eigenvalue weighted by atomic mass is 19.1. The van der Waals surface area contributed by atoms with Gasteiger partial charge in [0.1, 0.15) is 28.7 Å². The summed E-state index contributed by atoms with van der Waals surface area (Å²) in [5.41, 5.74) is -0.317. The lowest BCUT2D eigenvalue weighted by molar-refractivity contribution is 0.295. The zero-order valence-corrected chi connectivity index (χ0v) is 14.3. The van der Waals surface area contributed by atoms with Crippen molar-refractivity contribution < 1.29 is 13.2 Å². The summed E-state index contributed by atoms with van der Waals surface area (Å²) in [5.74, 6) is -1.45. The van der Waals surface area contributed by atoms with E-state index < -0.39 is 23.0 Å². The summed E-state index contributed by atoms with van der Waals surface area (Å²) >= 11 is 0. The van der Waals surface area contributed by atoms with Crippen LogP contribution in [0.2, 0.25) is 0 Å². The average molecular weight is 369 g/mol. The summed E-state index contributed by atoms with van der Waals surface area (Å²) in [7, 11) is 0. The van der Waals surface area contributed by atoms with Crippen molar-refractivity contribution in [3.05, 3.63) is 77.8 Å². The molecule has 1 aromatic carbocycles. The summed E-state index contributed by atoms with van der Waals surface area (Å²) in [6.07, 6.45) is 4.37. The minimum absolute atomic E-state index is 0.0267. The fourth-order valence-electron chi connectivity index (χ4n) is 3.02. The first-order valence-corrected chi connectivity index (χ1v) is 8.21. The standard InChI is InChI=1S/C19H14F3N5/c1-19(27-25-18(24-26-27)17-4-2-3-7-23-17)10-12(8-14(21)11-19)15-9-13(20)5-6-16(15)22/h2-10H,11H2,1H3. The lowest BCUT2D eigenvalue weighted by Crippen LogP contribution is -2.32. The third-order valence-corrected chi connectivity index (χ3v) is 4.31. The van der Waals surface area contributed by atoms with Gasteiger partial charge in [-0.15, -0.1) is 10.2 Å².